The van der Waals surface area contributed by atoms with E-state index in [4.69, 9.17) is 11.6 Å². The van der Waals surface area contributed by atoms with Crippen LogP contribution in [0.2, 0.25) is 5.15 Å². The standard InChI is InChI=1S/C5H2Br2ClN/c6-3-1-2-4(7)9-5(3)8/h1-2H. The Morgan fingerprint density at radius 2 is 2.00 bits per heavy atom. The molecule has 0 saturated heterocycles. The van der Waals surface area contributed by atoms with E-state index >= 15 is 0 Å². The van der Waals surface area contributed by atoms with Gasteiger partial charge in [0.15, 0.2) is 0 Å². The van der Waals surface area contributed by atoms with Gasteiger partial charge in [0.1, 0.15) is 9.76 Å². The van der Waals surface area contributed by atoms with E-state index in [1.165, 1.54) is 0 Å². The summed E-state index contributed by atoms with van der Waals surface area (Å²) in [6.45, 7) is 0. The molecule has 0 atom stereocenters. The van der Waals surface area contributed by atoms with E-state index in [0.717, 1.165) is 9.08 Å². The smallest absolute Gasteiger partial charge is 0.144 e. The molecule has 0 spiro atoms. The van der Waals surface area contributed by atoms with Crippen LogP contribution >= 0.6 is 43.5 Å². The molecule has 0 aliphatic heterocycles. The van der Waals surface area contributed by atoms with Gasteiger partial charge < -0.3 is 0 Å². The van der Waals surface area contributed by atoms with E-state index < -0.39 is 0 Å². The van der Waals surface area contributed by atoms with Crippen molar-refractivity contribution in [3.63, 3.8) is 0 Å². The van der Waals surface area contributed by atoms with Crippen molar-refractivity contribution in [2.75, 3.05) is 0 Å². The van der Waals surface area contributed by atoms with Crippen LogP contribution < -0.4 is 0 Å². The van der Waals surface area contributed by atoms with Crippen LogP contribution in [0.1, 0.15) is 0 Å². The molecule has 0 bridgehead atoms. The first-order chi connectivity index (χ1) is 4.20. The van der Waals surface area contributed by atoms with Crippen molar-refractivity contribution in [1.29, 1.82) is 0 Å². The first kappa shape index (κ1) is 7.51. The first-order valence-electron chi connectivity index (χ1n) is 2.17. The Kier molecular flexibility index (Phi) is 2.50. The van der Waals surface area contributed by atoms with Gasteiger partial charge in [-0.1, -0.05) is 11.6 Å². The maximum Gasteiger partial charge on any atom is 0.144 e. The topological polar surface area (TPSA) is 12.9 Å². The molecule has 0 aromatic carbocycles. The Labute approximate surface area is 74.7 Å². The lowest BCUT2D eigenvalue weighted by atomic mass is 10.5. The third kappa shape index (κ3) is 1.92. The highest BCUT2D eigenvalue weighted by molar-refractivity contribution is 9.11. The van der Waals surface area contributed by atoms with Crippen LogP contribution in [0.4, 0.5) is 0 Å². The summed E-state index contributed by atoms with van der Waals surface area (Å²) in [6, 6.07) is 3.65. The lowest BCUT2D eigenvalue weighted by Crippen LogP contribution is -1.76. The molecule has 0 radical (unpaired) electrons. The second-order valence-electron chi connectivity index (χ2n) is 1.41. The number of hydrogen-bond acceptors (Lipinski definition) is 1. The number of rotatable bonds is 0. The predicted molar refractivity (Wildman–Crippen MR) is 44.6 cm³/mol. The van der Waals surface area contributed by atoms with Crippen LogP contribution in [-0.2, 0) is 0 Å². The number of aromatic nitrogens is 1. The summed E-state index contributed by atoms with van der Waals surface area (Å²) in [6.07, 6.45) is 0. The summed E-state index contributed by atoms with van der Waals surface area (Å²) in [4.78, 5) is 3.91. The molecule has 0 N–H and O–H groups in total. The van der Waals surface area contributed by atoms with Crippen LogP contribution in [0.3, 0.4) is 0 Å². The SMILES string of the molecule is Clc1nc(Br)ccc1Br. The van der Waals surface area contributed by atoms with Gasteiger partial charge in [0.2, 0.25) is 0 Å². The minimum atomic E-state index is 0.476. The summed E-state index contributed by atoms with van der Waals surface area (Å²) in [5.74, 6) is 0. The number of nitrogens with zero attached hydrogens (tertiary/aromatic N) is 1. The number of hydrogen-bond donors (Lipinski definition) is 0. The molecule has 0 saturated carbocycles. The van der Waals surface area contributed by atoms with E-state index in [9.17, 15) is 0 Å². The molecule has 0 unspecified atom stereocenters. The zero-order valence-corrected chi connectivity index (χ0v) is 8.16. The van der Waals surface area contributed by atoms with Crippen molar-refractivity contribution in [1.82, 2.24) is 4.98 Å². The van der Waals surface area contributed by atoms with Crippen molar-refractivity contribution in [3.05, 3.63) is 26.4 Å². The average Bonchev–Trinajstić information content (AvgIpc) is 1.80. The van der Waals surface area contributed by atoms with Gasteiger partial charge in [-0.05, 0) is 44.0 Å². The van der Waals surface area contributed by atoms with E-state index in [0.29, 0.717) is 5.15 Å². The summed E-state index contributed by atoms with van der Waals surface area (Å²) in [7, 11) is 0. The fourth-order valence-corrected chi connectivity index (χ4v) is 1.18. The van der Waals surface area contributed by atoms with Crippen LogP contribution in [0, 0.1) is 0 Å². The highest BCUT2D eigenvalue weighted by Gasteiger charge is 1.95. The maximum atomic E-state index is 5.63. The molecule has 48 valence electrons. The van der Waals surface area contributed by atoms with Gasteiger partial charge in [0.25, 0.3) is 0 Å². The maximum absolute atomic E-state index is 5.63. The minimum Gasteiger partial charge on any atom is -0.228 e. The molecule has 1 nitrogen and oxygen atoms in total. The van der Waals surface area contributed by atoms with E-state index in [-0.39, 0.29) is 0 Å². The lowest BCUT2D eigenvalue weighted by molar-refractivity contribution is 1.26. The second-order valence-corrected chi connectivity index (χ2v) is 3.43. The van der Waals surface area contributed by atoms with Crippen molar-refractivity contribution in [2.24, 2.45) is 0 Å². The highest BCUT2D eigenvalue weighted by Crippen LogP contribution is 2.21. The van der Waals surface area contributed by atoms with Crippen LogP contribution in [0.25, 0.3) is 0 Å². The lowest BCUT2D eigenvalue weighted by Gasteiger charge is -1.92. The van der Waals surface area contributed by atoms with E-state index in [1.54, 1.807) is 0 Å². The molecular weight excluding hydrogens is 269 g/mol. The third-order valence-corrected chi connectivity index (χ3v) is 2.37. The number of pyridine rings is 1. The third-order valence-electron chi connectivity index (χ3n) is 0.769. The largest absolute Gasteiger partial charge is 0.228 e. The van der Waals surface area contributed by atoms with Crippen LogP contribution in [-0.4, -0.2) is 4.98 Å². The van der Waals surface area contributed by atoms with E-state index in [1.807, 2.05) is 12.1 Å². The Morgan fingerprint density at radius 3 is 2.44 bits per heavy atom. The Morgan fingerprint density at radius 1 is 1.33 bits per heavy atom. The summed E-state index contributed by atoms with van der Waals surface area (Å²) in [5.41, 5.74) is 0. The van der Waals surface area contributed by atoms with Gasteiger partial charge in [0, 0.05) is 0 Å². The quantitative estimate of drug-likeness (QED) is 0.660. The molecule has 0 aliphatic rings. The normalized spacial score (nSPS) is 9.67. The fraction of sp³-hybridized carbons (Fsp3) is 0. The van der Waals surface area contributed by atoms with E-state index in [2.05, 4.69) is 36.8 Å². The molecule has 1 aromatic heterocycles. The van der Waals surface area contributed by atoms with Crippen molar-refractivity contribution in [3.8, 4) is 0 Å². The van der Waals surface area contributed by atoms with Crippen molar-refractivity contribution >= 4 is 43.5 Å². The van der Waals surface area contributed by atoms with Gasteiger partial charge in [-0.25, -0.2) is 4.98 Å². The Balaban J connectivity index is 3.17. The molecule has 1 heterocycles. The van der Waals surface area contributed by atoms with Gasteiger partial charge in [-0.3, -0.25) is 0 Å². The monoisotopic (exact) mass is 269 g/mol. The number of halogens is 3. The summed E-state index contributed by atoms with van der Waals surface area (Å²) in [5, 5.41) is 0.476. The van der Waals surface area contributed by atoms with Gasteiger partial charge in [-0.15, -0.1) is 0 Å². The summed E-state index contributed by atoms with van der Waals surface area (Å²) < 4.78 is 1.56. The van der Waals surface area contributed by atoms with Gasteiger partial charge in [-0.2, -0.15) is 0 Å². The zero-order valence-electron chi connectivity index (χ0n) is 4.24. The summed E-state index contributed by atoms with van der Waals surface area (Å²) >= 11 is 12.0. The molecule has 1 rings (SSSR count). The second kappa shape index (κ2) is 2.99. The molecule has 0 fully saturated rings. The van der Waals surface area contributed by atoms with Gasteiger partial charge in [0.05, 0.1) is 4.47 Å². The molecule has 1 aromatic rings. The highest BCUT2D eigenvalue weighted by atomic mass is 79.9. The zero-order chi connectivity index (χ0) is 6.85. The molecular formula is C5H2Br2ClN. The van der Waals surface area contributed by atoms with Crippen molar-refractivity contribution in [2.45, 2.75) is 0 Å². The minimum absolute atomic E-state index is 0.476. The molecule has 0 amide bonds. The van der Waals surface area contributed by atoms with Crippen LogP contribution in [0.15, 0.2) is 21.2 Å². The van der Waals surface area contributed by atoms with Crippen LogP contribution in [0.5, 0.6) is 0 Å². The van der Waals surface area contributed by atoms with Crippen molar-refractivity contribution < 1.29 is 0 Å². The molecule has 9 heavy (non-hydrogen) atoms. The average molecular weight is 271 g/mol. The molecule has 4 heteroatoms. The Bertz CT molecular complexity index is 226. The fourth-order valence-electron chi connectivity index (χ4n) is 0.395. The predicted octanol–water partition coefficient (Wildman–Crippen LogP) is 3.26. The molecule has 0 aliphatic carbocycles. The Hall–Kier alpha value is 0.400. The first-order valence-corrected chi connectivity index (χ1v) is 4.14. The van der Waals surface area contributed by atoms with Gasteiger partial charge >= 0.3 is 0 Å².